The van der Waals surface area contributed by atoms with Crippen LogP contribution in [-0.4, -0.2) is 19.1 Å². The van der Waals surface area contributed by atoms with Gasteiger partial charge in [-0.05, 0) is 48.9 Å². The first-order valence-electron chi connectivity index (χ1n) is 7.28. The molecule has 3 aromatic rings. The number of halogens is 1. The highest BCUT2D eigenvalue weighted by Gasteiger charge is 2.11. The Balaban J connectivity index is 1.54. The van der Waals surface area contributed by atoms with Gasteiger partial charge in [0, 0.05) is 9.86 Å². The number of fused-ring (bicyclic) bond motifs is 1. The molecule has 0 unspecified atom stereocenters. The summed E-state index contributed by atoms with van der Waals surface area (Å²) in [6, 6.07) is 15.2. The number of rotatable bonds is 5. The minimum atomic E-state index is -0.245. The van der Waals surface area contributed by atoms with E-state index in [2.05, 4.69) is 21.2 Å². The number of hydrogen-bond donors (Lipinski definition) is 1. The Morgan fingerprint density at radius 3 is 2.91 bits per heavy atom. The van der Waals surface area contributed by atoms with Crippen molar-refractivity contribution in [3.63, 3.8) is 0 Å². The molecular weight excluding hydrogens is 358 g/mol. The molecule has 118 valence electrons. The molecule has 0 bridgehead atoms. The molecule has 0 saturated heterocycles. The van der Waals surface area contributed by atoms with E-state index in [-0.39, 0.29) is 5.91 Å². The molecule has 0 saturated carbocycles. The molecule has 1 N–H and O–H groups in total. The van der Waals surface area contributed by atoms with Crippen LogP contribution < -0.4 is 10.1 Å². The van der Waals surface area contributed by atoms with E-state index < -0.39 is 0 Å². The average molecular weight is 374 g/mol. The highest BCUT2D eigenvalue weighted by atomic mass is 79.9. The number of furan rings is 1. The van der Waals surface area contributed by atoms with Crippen molar-refractivity contribution in [2.75, 3.05) is 13.2 Å². The lowest BCUT2D eigenvalue weighted by Crippen LogP contribution is -2.27. The first-order valence-corrected chi connectivity index (χ1v) is 8.08. The summed E-state index contributed by atoms with van der Waals surface area (Å²) in [6.07, 6.45) is 0. The van der Waals surface area contributed by atoms with Crippen LogP contribution in [0.1, 0.15) is 16.1 Å². The fraction of sp³-hybridized carbons (Fsp3) is 0.167. The van der Waals surface area contributed by atoms with E-state index in [1.807, 2.05) is 49.4 Å². The normalized spacial score (nSPS) is 10.7. The van der Waals surface area contributed by atoms with Gasteiger partial charge in [-0.25, -0.2) is 0 Å². The first kappa shape index (κ1) is 15.6. The zero-order valence-corrected chi connectivity index (χ0v) is 14.2. The van der Waals surface area contributed by atoms with Crippen LogP contribution in [0.25, 0.3) is 11.0 Å². The van der Waals surface area contributed by atoms with Gasteiger partial charge in [0.05, 0.1) is 6.54 Å². The zero-order chi connectivity index (χ0) is 16.2. The van der Waals surface area contributed by atoms with Crippen molar-refractivity contribution in [3.05, 3.63) is 64.3 Å². The highest BCUT2D eigenvalue weighted by Crippen LogP contribution is 2.23. The molecule has 0 spiro atoms. The number of aryl methyl sites for hydroxylation is 1. The van der Waals surface area contributed by atoms with E-state index in [1.54, 1.807) is 6.07 Å². The molecule has 3 rings (SSSR count). The first-order chi connectivity index (χ1) is 11.1. The molecule has 0 aliphatic heterocycles. The number of ether oxygens (including phenoxy) is 1. The Bertz CT molecular complexity index is 841. The van der Waals surface area contributed by atoms with Crippen molar-refractivity contribution in [3.8, 4) is 5.75 Å². The predicted octanol–water partition coefficient (Wildman–Crippen LogP) is 4.31. The van der Waals surface area contributed by atoms with E-state index >= 15 is 0 Å². The van der Waals surface area contributed by atoms with Gasteiger partial charge in [-0.2, -0.15) is 0 Å². The van der Waals surface area contributed by atoms with Crippen molar-refractivity contribution in [2.45, 2.75) is 6.92 Å². The van der Waals surface area contributed by atoms with Gasteiger partial charge >= 0.3 is 0 Å². The number of benzene rings is 2. The maximum Gasteiger partial charge on any atom is 0.287 e. The SMILES string of the molecule is Cc1cccc(OCCNC(=O)c2cc3cc(Br)ccc3o2)c1. The third-order valence-electron chi connectivity index (χ3n) is 3.35. The second-order valence-electron chi connectivity index (χ2n) is 5.21. The lowest BCUT2D eigenvalue weighted by molar-refractivity contribution is 0.0921. The van der Waals surface area contributed by atoms with Crippen LogP contribution in [0.3, 0.4) is 0 Å². The van der Waals surface area contributed by atoms with E-state index in [0.717, 1.165) is 21.2 Å². The monoisotopic (exact) mass is 373 g/mol. The van der Waals surface area contributed by atoms with Gasteiger partial charge in [0.2, 0.25) is 0 Å². The molecule has 1 aromatic heterocycles. The summed E-state index contributed by atoms with van der Waals surface area (Å²) < 4.78 is 12.1. The topological polar surface area (TPSA) is 51.5 Å². The van der Waals surface area contributed by atoms with Crippen LogP contribution in [0.5, 0.6) is 5.75 Å². The van der Waals surface area contributed by atoms with Crippen LogP contribution in [0.15, 0.2) is 57.4 Å². The number of hydrogen-bond acceptors (Lipinski definition) is 3. The Hall–Kier alpha value is -2.27. The molecule has 1 heterocycles. The number of carbonyl (C=O) groups excluding carboxylic acids is 1. The van der Waals surface area contributed by atoms with Crippen molar-refractivity contribution >= 4 is 32.8 Å². The smallest absolute Gasteiger partial charge is 0.287 e. The Morgan fingerprint density at radius 1 is 1.22 bits per heavy atom. The summed E-state index contributed by atoms with van der Waals surface area (Å²) in [4.78, 5) is 12.1. The van der Waals surface area contributed by atoms with Crippen LogP contribution in [-0.2, 0) is 0 Å². The third kappa shape index (κ3) is 3.93. The summed E-state index contributed by atoms with van der Waals surface area (Å²) in [5, 5.41) is 3.68. The standard InChI is InChI=1S/C18H16BrNO3/c1-12-3-2-4-15(9-12)22-8-7-20-18(21)17-11-13-10-14(19)5-6-16(13)23-17/h2-6,9-11H,7-8H2,1H3,(H,20,21). The summed E-state index contributed by atoms with van der Waals surface area (Å²) in [7, 11) is 0. The number of amides is 1. The maximum absolute atomic E-state index is 12.1. The molecular formula is C18H16BrNO3. The Kier molecular flexibility index (Phi) is 4.67. The van der Waals surface area contributed by atoms with Crippen molar-refractivity contribution in [1.29, 1.82) is 0 Å². The lowest BCUT2D eigenvalue weighted by Gasteiger charge is -2.07. The van der Waals surface area contributed by atoms with Gasteiger partial charge in [0.1, 0.15) is 17.9 Å². The van der Waals surface area contributed by atoms with Crippen molar-refractivity contribution < 1.29 is 13.9 Å². The summed E-state index contributed by atoms with van der Waals surface area (Å²) in [5.74, 6) is 0.853. The molecule has 0 atom stereocenters. The van der Waals surface area contributed by atoms with Crippen LogP contribution in [0.2, 0.25) is 0 Å². The second-order valence-corrected chi connectivity index (χ2v) is 6.13. The molecule has 0 aliphatic rings. The van der Waals surface area contributed by atoms with Gasteiger partial charge in [-0.3, -0.25) is 4.79 Å². The minimum absolute atomic E-state index is 0.245. The van der Waals surface area contributed by atoms with Gasteiger partial charge in [-0.15, -0.1) is 0 Å². The number of nitrogens with one attached hydrogen (secondary N) is 1. The summed E-state index contributed by atoms with van der Waals surface area (Å²) in [6.45, 7) is 2.82. The van der Waals surface area contributed by atoms with E-state index in [4.69, 9.17) is 9.15 Å². The van der Waals surface area contributed by atoms with E-state index in [9.17, 15) is 4.79 Å². The molecule has 0 radical (unpaired) electrons. The molecule has 1 amide bonds. The maximum atomic E-state index is 12.1. The van der Waals surface area contributed by atoms with Gasteiger partial charge in [0.15, 0.2) is 5.76 Å². The van der Waals surface area contributed by atoms with Gasteiger partial charge in [0.25, 0.3) is 5.91 Å². The largest absolute Gasteiger partial charge is 0.492 e. The molecule has 2 aromatic carbocycles. The highest BCUT2D eigenvalue weighted by molar-refractivity contribution is 9.10. The zero-order valence-electron chi connectivity index (χ0n) is 12.6. The molecule has 0 fully saturated rings. The van der Waals surface area contributed by atoms with Crippen LogP contribution in [0.4, 0.5) is 0 Å². The fourth-order valence-electron chi connectivity index (χ4n) is 2.25. The second kappa shape index (κ2) is 6.87. The summed E-state index contributed by atoms with van der Waals surface area (Å²) >= 11 is 3.40. The van der Waals surface area contributed by atoms with Crippen LogP contribution in [0, 0.1) is 6.92 Å². The average Bonchev–Trinajstić information content (AvgIpc) is 2.94. The van der Waals surface area contributed by atoms with Crippen LogP contribution >= 0.6 is 15.9 Å². The van der Waals surface area contributed by atoms with E-state index in [0.29, 0.717) is 24.5 Å². The third-order valence-corrected chi connectivity index (χ3v) is 3.84. The fourth-order valence-corrected chi connectivity index (χ4v) is 2.63. The van der Waals surface area contributed by atoms with Gasteiger partial charge < -0.3 is 14.5 Å². The minimum Gasteiger partial charge on any atom is -0.492 e. The number of carbonyl (C=O) groups is 1. The van der Waals surface area contributed by atoms with Crippen molar-refractivity contribution in [2.24, 2.45) is 0 Å². The molecule has 4 nitrogen and oxygen atoms in total. The molecule has 5 heteroatoms. The van der Waals surface area contributed by atoms with E-state index in [1.165, 1.54) is 0 Å². The molecule has 23 heavy (non-hydrogen) atoms. The van der Waals surface area contributed by atoms with Gasteiger partial charge in [-0.1, -0.05) is 28.1 Å². The lowest BCUT2D eigenvalue weighted by atomic mass is 10.2. The Labute approximate surface area is 142 Å². The summed E-state index contributed by atoms with van der Waals surface area (Å²) in [5.41, 5.74) is 1.83. The Morgan fingerprint density at radius 2 is 2.09 bits per heavy atom. The van der Waals surface area contributed by atoms with Crippen molar-refractivity contribution in [1.82, 2.24) is 5.32 Å². The predicted molar refractivity (Wildman–Crippen MR) is 92.9 cm³/mol. The quantitative estimate of drug-likeness (QED) is 0.677. The molecule has 0 aliphatic carbocycles.